The maximum absolute atomic E-state index is 12.2. The Morgan fingerprint density at radius 2 is 2.10 bits per heavy atom. The first kappa shape index (κ1) is 21.1. The highest BCUT2D eigenvalue weighted by Gasteiger charge is 2.20. The summed E-state index contributed by atoms with van der Waals surface area (Å²) in [5.41, 5.74) is 1.70. The summed E-state index contributed by atoms with van der Waals surface area (Å²) in [6.07, 6.45) is -0.894. The van der Waals surface area contributed by atoms with Crippen LogP contribution in [0.2, 0.25) is 0 Å². The third kappa shape index (κ3) is 5.45. The number of thiophene rings is 1. The highest BCUT2D eigenvalue weighted by Crippen LogP contribution is 2.27. The van der Waals surface area contributed by atoms with Crippen LogP contribution in [0.3, 0.4) is 0 Å². The van der Waals surface area contributed by atoms with Crippen LogP contribution in [0.15, 0.2) is 46.9 Å². The number of carbonyl (C=O) groups is 2. The normalized spacial score (nSPS) is 11.8. The second-order valence-corrected chi connectivity index (χ2v) is 8.20. The summed E-state index contributed by atoms with van der Waals surface area (Å²) in [6, 6.07) is 11.4. The average molecular weight is 431 g/mol. The molecule has 29 heavy (non-hydrogen) atoms. The minimum absolute atomic E-state index is 0.0463. The lowest BCUT2D eigenvalue weighted by atomic mass is 10.2. The van der Waals surface area contributed by atoms with E-state index in [-0.39, 0.29) is 11.7 Å². The molecule has 3 aromatic rings. The van der Waals surface area contributed by atoms with Crippen molar-refractivity contribution in [2.24, 2.45) is 0 Å². The summed E-state index contributed by atoms with van der Waals surface area (Å²) in [4.78, 5) is 25.5. The number of hydrogen-bond donors (Lipinski definition) is 1. The largest absolute Gasteiger partial charge is 0.452 e. The fourth-order valence-corrected chi connectivity index (χ4v) is 4.15. The molecule has 1 unspecified atom stereocenters. The number of thioether (sulfide) groups is 1. The van der Waals surface area contributed by atoms with Crippen molar-refractivity contribution < 1.29 is 14.3 Å². The first-order valence-electron chi connectivity index (χ1n) is 9.14. The number of rotatable bonds is 8. The van der Waals surface area contributed by atoms with E-state index in [0.29, 0.717) is 17.4 Å². The lowest BCUT2D eigenvalue weighted by Gasteiger charge is -2.13. The van der Waals surface area contributed by atoms with Gasteiger partial charge < -0.3 is 14.6 Å². The van der Waals surface area contributed by atoms with E-state index in [2.05, 4.69) is 15.5 Å². The first-order valence-corrected chi connectivity index (χ1v) is 11.0. The molecule has 152 valence electrons. The fourth-order valence-electron chi connectivity index (χ4n) is 2.64. The van der Waals surface area contributed by atoms with Crippen LogP contribution >= 0.6 is 23.1 Å². The zero-order valence-corrected chi connectivity index (χ0v) is 18.0. The van der Waals surface area contributed by atoms with Crippen molar-refractivity contribution in [3.8, 4) is 10.7 Å². The van der Waals surface area contributed by atoms with Crippen LogP contribution in [-0.4, -0.2) is 38.5 Å². The second-order valence-electron chi connectivity index (χ2n) is 6.31. The molecule has 2 heterocycles. The maximum atomic E-state index is 12.2. The number of hydrogen-bond acceptors (Lipinski definition) is 7. The van der Waals surface area contributed by atoms with E-state index in [9.17, 15) is 9.59 Å². The summed E-state index contributed by atoms with van der Waals surface area (Å²) in [5, 5.41) is 13.8. The average Bonchev–Trinajstić information content (AvgIpc) is 3.35. The lowest BCUT2D eigenvalue weighted by molar-refractivity contribution is -0.150. The number of benzene rings is 1. The fraction of sp³-hybridized carbons (Fsp3) is 0.300. The zero-order chi connectivity index (χ0) is 20.8. The summed E-state index contributed by atoms with van der Waals surface area (Å²) in [6.45, 7) is 6.18. The zero-order valence-electron chi connectivity index (χ0n) is 16.4. The smallest absolute Gasteiger partial charge is 0.317 e. The van der Waals surface area contributed by atoms with Crippen molar-refractivity contribution in [1.29, 1.82) is 0 Å². The molecule has 7 nitrogen and oxygen atoms in total. The molecule has 2 aromatic heterocycles. The van der Waals surface area contributed by atoms with Crippen molar-refractivity contribution in [2.45, 2.75) is 38.6 Å². The Bertz CT molecular complexity index is 986. The number of ether oxygens (including phenoxy) is 1. The van der Waals surface area contributed by atoms with Crippen molar-refractivity contribution in [3.05, 3.63) is 47.3 Å². The van der Waals surface area contributed by atoms with Gasteiger partial charge in [0.1, 0.15) is 0 Å². The molecule has 1 amide bonds. The minimum atomic E-state index is -0.894. The number of esters is 1. The van der Waals surface area contributed by atoms with E-state index in [1.807, 2.05) is 54.1 Å². The molecular weight excluding hydrogens is 408 g/mol. The maximum Gasteiger partial charge on any atom is 0.317 e. The van der Waals surface area contributed by atoms with E-state index < -0.39 is 12.1 Å². The van der Waals surface area contributed by atoms with Crippen LogP contribution in [0.25, 0.3) is 10.7 Å². The standard InChI is InChI=1S/C20H22N4O3S2/c1-4-24-18(16-9-6-10-28-16)22-23-20(24)29-12-17(25)27-14(3)19(26)21-15-8-5-7-13(2)11-15/h5-11,14H,4,12H2,1-3H3,(H,21,26). The number of amides is 1. The molecule has 0 saturated carbocycles. The van der Waals surface area contributed by atoms with Gasteiger partial charge in [0.15, 0.2) is 17.1 Å². The van der Waals surface area contributed by atoms with Crippen LogP contribution in [0.4, 0.5) is 5.69 Å². The van der Waals surface area contributed by atoms with Gasteiger partial charge in [0, 0.05) is 12.2 Å². The predicted molar refractivity (Wildman–Crippen MR) is 115 cm³/mol. The molecule has 0 spiro atoms. The second kappa shape index (κ2) is 9.71. The van der Waals surface area contributed by atoms with E-state index in [1.54, 1.807) is 24.3 Å². The predicted octanol–water partition coefficient (Wildman–Crippen LogP) is 4.00. The number of anilines is 1. The topological polar surface area (TPSA) is 86.1 Å². The van der Waals surface area contributed by atoms with E-state index in [0.717, 1.165) is 16.3 Å². The number of nitrogens with one attached hydrogen (secondary N) is 1. The van der Waals surface area contributed by atoms with E-state index in [1.165, 1.54) is 11.8 Å². The van der Waals surface area contributed by atoms with Gasteiger partial charge in [0.25, 0.3) is 5.91 Å². The van der Waals surface area contributed by atoms with Gasteiger partial charge in [-0.15, -0.1) is 21.5 Å². The molecule has 0 aliphatic rings. The number of aromatic nitrogens is 3. The van der Waals surface area contributed by atoms with Gasteiger partial charge in [-0.25, -0.2) is 0 Å². The van der Waals surface area contributed by atoms with Crippen LogP contribution in [0.1, 0.15) is 19.4 Å². The molecule has 0 aliphatic heterocycles. The SMILES string of the molecule is CCn1c(SCC(=O)OC(C)C(=O)Nc2cccc(C)c2)nnc1-c1cccs1. The molecule has 0 radical (unpaired) electrons. The van der Waals surface area contributed by atoms with Crippen molar-refractivity contribution in [1.82, 2.24) is 14.8 Å². The monoisotopic (exact) mass is 430 g/mol. The number of aryl methyl sites for hydroxylation is 1. The summed E-state index contributed by atoms with van der Waals surface area (Å²) < 4.78 is 7.22. The van der Waals surface area contributed by atoms with Gasteiger partial charge in [0.05, 0.1) is 10.6 Å². The van der Waals surface area contributed by atoms with Crippen LogP contribution in [0.5, 0.6) is 0 Å². The van der Waals surface area contributed by atoms with Gasteiger partial charge in [-0.2, -0.15) is 0 Å². The van der Waals surface area contributed by atoms with E-state index >= 15 is 0 Å². The molecule has 3 rings (SSSR count). The summed E-state index contributed by atoms with van der Waals surface area (Å²) in [5.74, 6) is -0.0230. The van der Waals surface area contributed by atoms with Gasteiger partial charge in [-0.05, 0) is 49.9 Å². The van der Waals surface area contributed by atoms with Crippen LogP contribution < -0.4 is 5.32 Å². The Hall–Kier alpha value is -2.65. The Kier molecular flexibility index (Phi) is 7.05. The minimum Gasteiger partial charge on any atom is -0.452 e. The molecule has 9 heteroatoms. The van der Waals surface area contributed by atoms with Crippen molar-refractivity contribution in [2.75, 3.05) is 11.1 Å². The summed E-state index contributed by atoms with van der Waals surface area (Å²) >= 11 is 2.83. The molecule has 0 saturated heterocycles. The molecule has 1 N–H and O–H groups in total. The highest BCUT2D eigenvalue weighted by molar-refractivity contribution is 7.99. The highest BCUT2D eigenvalue weighted by atomic mass is 32.2. The van der Waals surface area contributed by atoms with E-state index in [4.69, 9.17) is 4.74 Å². The first-order chi connectivity index (χ1) is 14.0. The van der Waals surface area contributed by atoms with Crippen LogP contribution in [0, 0.1) is 6.92 Å². The molecular formula is C20H22N4O3S2. The molecule has 1 aromatic carbocycles. The Morgan fingerprint density at radius 1 is 1.28 bits per heavy atom. The third-order valence-corrected chi connectivity index (χ3v) is 5.86. The van der Waals surface area contributed by atoms with Gasteiger partial charge in [-0.3, -0.25) is 9.59 Å². The third-order valence-electron chi connectivity index (χ3n) is 4.06. The van der Waals surface area contributed by atoms with Crippen molar-refractivity contribution >= 4 is 40.7 Å². The van der Waals surface area contributed by atoms with Gasteiger partial charge in [-0.1, -0.05) is 30.0 Å². The summed E-state index contributed by atoms with van der Waals surface area (Å²) in [7, 11) is 0. The molecule has 0 bridgehead atoms. The molecule has 0 fully saturated rings. The Morgan fingerprint density at radius 3 is 2.79 bits per heavy atom. The number of carbonyl (C=O) groups excluding carboxylic acids is 2. The van der Waals surface area contributed by atoms with Gasteiger partial charge >= 0.3 is 5.97 Å². The van der Waals surface area contributed by atoms with Gasteiger partial charge in [0.2, 0.25) is 0 Å². The Labute approximate surface area is 177 Å². The molecule has 0 aliphatic carbocycles. The lowest BCUT2D eigenvalue weighted by Crippen LogP contribution is -2.30. The van der Waals surface area contributed by atoms with Crippen molar-refractivity contribution in [3.63, 3.8) is 0 Å². The Balaban J connectivity index is 1.54. The number of nitrogens with zero attached hydrogens (tertiary/aromatic N) is 3. The quantitative estimate of drug-likeness (QED) is 0.429. The molecule has 1 atom stereocenters. The van der Waals surface area contributed by atoms with Crippen LogP contribution in [-0.2, 0) is 20.9 Å².